The molecule has 1 amide bonds. The molecule has 0 radical (unpaired) electrons. The van der Waals surface area contributed by atoms with Gasteiger partial charge < -0.3 is 14.6 Å². The summed E-state index contributed by atoms with van der Waals surface area (Å²) in [6.07, 6.45) is 2.75. The number of amides is 1. The van der Waals surface area contributed by atoms with E-state index in [9.17, 15) is 9.18 Å². The van der Waals surface area contributed by atoms with Gasteiger partial charge in [0.15, 0.2) is 5.76 Å². The van der Waals surface area contributed by atoms with Crippen LogP contribution in [0.25, 0.3) is 11.3 Å². The average Bonchev–Trinajstić information content (AvgIpc) is 2.98. The van der Waals surface area contributed by atoms with E-state index >= 15 is 0 Å². The van der Waals surface area contributed by atoms with Gasteiger partial charge in [0.25, 0.3) is 0 Å². The zero-order valence-corrected chi connectivity index (χ0v) is 13.0. The smallest absolute Gasteiger partial charge is 0.228 e. The summed E-state index contributed by atoms with van der Waals surface area (Å²) in [7, 11) is 1.61. The molecule has 0 atom stereocenters. The van der Waals surface area contributed by atoms with Crippen LogP contribution in [-0.4, -0.2) is 24.8 Å². The quantitative estimate of drug-likeness (QED) is 0.889. The first kappa shape index (κ1) is 15.7. The van der Waals surface area contributed by atoms with Crippen LogP contribution in [0, 0.1) is 11.2 Å². The monoisotopic (exact) mass is 318 g/mol. The van der Waals surface area contributed by atoms with Gasteiger partial charge in [-0.3, -0.25) is 4.79 Å². The second-order valence-electron chi connectivity index (χ2n) is 5.93. The number of halogens is 1. The molecule has 1 aromatic carbocycles. The van der Waals surface area contributed by atoms with Gasteiger partial charge in [-0.1, -0.05) is 11.6 Å². The van der Waals surface area contributed by atoms with Crippen molar-refractivity contribution in [2.24, 2.45) is 5.41 Å². The minimum absolute atomic E-state index is 0.00895. The second kappa shape index (κ2) is 6.50. The third kappa shape index (κ3) is 3.27. The molecule has 122 valence electrons. The highest BCUT2D eigenvalue weighted by molar-refractivity contribution is 5.83. The third-order valence-electron chi connectivity index (χ3n) is 4.34. The normalized spacial score (nSPS) is 15.9. The third-order valence-corrected chi connectivity index (χ3v) is 4.34. The lowest BCUT2D eigenvalue weighted by Gasteiger charge is -2.39. The average molecular weight is 318 g/mol. The highest BCUT2D eigenvalue weighted by Crippen LogP contribution is 2.41. The first-order chi connectivity index (χ1) is 11.1. The Hall–Kier alpha value is -2.21. The van der Waals surface area contributed by atoms with Crippen LogP contribution in [0.2, 0.25) is 0 Å². The molecule has 3 rings (SSSR count). The fourth-order valence-electron chi connectivity index (χ4n) is 2.82. The molecule has 0 spiro atoms. The Bertz CT molecular complexity index is 677. The van der Waals surface area contributed by atoms with Gasteiger partial charge in [-0.2, -0.15) is 0 Å². The summed E-state index contributed by atoms with van der Waals surface area (Å²) in [5.74, 6) is 0.253. The number of rotatable bonds is 6. The maximum Gasteiger partial charge on any atom is 0.228 e. The van der Waals surface area contributed by atoms with Crippen LogP contribution < -0.4 is 5.32 Å². The van der Waals surface area contributed by atoms with Gasteiger partial charge in [-0.05, 0) is 37.1 Å². The first-order valence-corrected chi connectivity index (χ1v) is 7.62. The number of hydrogen-bond acceptors (Lipinski definition) is 4. The minimum Gasteiger partial charge on any atom is -0.384 e. The molecule has 1 aliphatic rings. The molecule has 5 nitrogen and oxygen atoms in total. The number of benzene rings is 1. The standard InChI is InChI=1S/C17H19FN2O3/c1-22-11-17(7-2-8-17)16(21)19-10-14-9-15(20-23-14)12-3-5-13(18)6-4-12/h3-6,9H,2,7-8,10-11H2,1H3,(H,19,21). The summed E-state index contributed by atoms with van der Waals surface area (Å²) in [5.41, 5.74) is 0.987. The predicted molar refractivity (Wildman–Crippen MR) is 81.9 cm³/mol. The van der Waals surface area contributed by atoms with Crippen molar-refractivity contribution >= 4 is 5.91 Å². The fraction of sp³-hybridized carbons (Fsp3) is 0.412. The Morgan fingerprint density at radius 1 is 1.39 bits per heavy atom. The fourth-order valence-corrected chi connectivity index (χ4v) is 2.82. The maximum atomic E-state index is 12.9. The maximum absolute atomic E-state index is 12.9. The summed E-state index contributed by atoms with van der Waals surface area (Å²) in [6.45, 7) is 0.717. The molecule has 1 aliphatic carbocycles. The van der Waals surface area contributed by atoms with Crippen LogP contribution >= 0.6 is 0 Å². The van der Waals surface area contributed by atoms with E-state index in [4.69, 9.17) is 9.26 Å². The zero-order valence-electron chi connectivity index (χ0n) is 13.0. The topological polar surface area (TPSA) is 64.4 Å². The highest BCUT2D eigenvalue weighted by Gasteiger charge is 2.44. The second-order valence-corrected chi connectivity index (χ2v) is 5.93. The lowest BCUT2D eigenvalue weighted by atomic mass is 9.68. The van der Waals surface area contributed by atoms with Crippen molar-refractivity contribution in [1.82, 2.24) is 10.5 Å². The molecule has 0 aliphatic heterocycles. The van der Waals surface area contributed by atoms with E-state index in [1.165, 1.54) is 12.1 Å². The van der Waals surface area contributed by atoms with Crippen molar-refractivity contribution < 1.29 is 18.4 Å². The van der Waals surface area contributed by atoms with E-state index in [1.807, 2.05) is 0 Å². The van der Waals surface area contributed by atoms with Crippen molar-refractivity contribution in [3.8, 4) is 11.3 Å². The number of nitrogens with zero attached hydrogens (tertiary/aromatic N) is 1. The molecular weight excluding hydrogens is 299 g/mol. The van der Waals surface area contributed by atoms with Gasteiger partial charge in [0.1, 0.15) is 11.5 Å². The van der Waals surface area contributed by atoms with E-state index < -0.39 is 5.41 Å². The molecule has 2 aromatic rings. The number of hydrogen-bond donors (Lipinski definition) is 1. The lowest BCUT2D eigenvalue weighted by Crippen LogP contribution is -2.48. The number of aromatic nitrogens is 1. The van der Waals surface area contributed by atoms with Crippen LogP contribution in [0.4, 0.5) is 4.39 Å². The number of ether oxygens (including phenoxy) is 1. The van der Waals surface area contributed by atoms with Gasteiger partial charge >= 0.3 is 0 Å². The van der Waals surface area contributed by atoms with Crippen molar-refractivity contribution in [2.75, 3.05) is 13.7 Å². The lowest BCUT2D eigenvalue weighted by molar-refractivity contribution is -0.140. The van der Waals surface area contributed by atoms with Crippen LogP contribution in [0.1, 0.15) is 25.0 Å². The van der Waals surface area contributed by atoms with E-state index in [0.717, 1.165) is 24.8 Å². The van der Waals surface area contributed by atoms with E-state index in [1.54, 1.807) is 25.3 Å². The molecule has 6 heteroatoms. The molecule has 1 N–H and O–H groups in total. The van der Waals surface area contributed by atoms with E-state index in [0.29, 0.717) is 18.1 Å². The molecule has 1 saturated carbocycles. The SMILES string of the molecule is COCC1(C(=O)NCc2cc(-c3ccc(F)cc3)no2)CCC1. The summed E-state index contributed by atoms with van der Waals surface area (Å²) in [5, 5.41) is 6.84. The Morgan fingerprint density at radius 2 is 2.13 bits per heavy atom. The molecular formula is C17H19FN2O3. The number of methoxy groups -OCH3 is 1. The first-order valence-electron chi connectivity index (χ1n) is 7.62. The Labute approximate surface area is 133 Å². The van der Waals surface area contributed by atoms with Crippen LogP contribution in [0.3, 0.4) is 0 Å². The summed E-state index contributed by atoms with van der Waals surface area (Å²) < 4.78 is 23.3. The van der Waals surface area contributed by atoms with Crippen molar-refractivity contribution in [2.45, 2.75) is 25.8 Å². The van der Waals surface area contributed by atoms with Gasteiger partial charge in [0.2, 0.25) is 5.91 Å². The van der Waals surface area contributed by atoms with Crippen LogP contribution in [0.15, 0.2) is 34.9 Å². The molecule has 0 saturated heterocycles. The molecule has 1 fully saturated rings. The number of carbonyl (C=O) groups is 1. The molecule has 0 bridgehead atoms. The minimum atomic E-state index is -0.394. The molecule has 23 heavy (non-hydrogen) atoms. The summed E-state index contributed by atoms with van der Waals surface area (Å²) in [6, 6.07) is 7.76. The number of nitrogens with one attached hydrogen (secondary N) is 1. The number of carbonyl (C=O) groups excluding carboxylic acids is 1. The van der Waals surface area contributed by atoms with Gasteiger partial charge in [-0.25, -0.2) is 4.39 Å². The van der Waals surface area contributed by atoms with Crippen molar-refractivity contribution in [1.29, 1.82) is 0 Å². The highest BCUT2D eigenvalue weighted by atomic mass is 19.1. The molecule has 0 unspecified atom stereocenters. The molecule has 1 heterocycles. The van der Waals surface area contributed by atoms with Gasteiger partial charge in [0, 0.05) is 18.7 Å². The predicted octanol–water partition coefficient (Wildman–Crippen LogP) is 2.91. The largest absolute Gasteiger partial charge is 0.384 e. The Kier molecular flexibility index (Phi) is 4.43. The Morgan fingerprint density at radius 3 is 2.74 bits per heavy atom. The van der Waals surface area contributed by atoms with Crippen LogP contribution in [0.5, 0.6) is 0 Å². The summed E-state index contributed by atoms with van der Waals surface area (Å²) in [4.78, 5) is 12.3. The molecule has 1 aromatic heterocycles. The zero-order chi connectivity index (χ0) is 16.3. The summed E-state index contributed by atoms with van der Waals surface area (Å²) >= 11 is 0. The van der Waals surface area contributed by atoms with Gasteiger partial charge in [0.05, 0.1) is 18.6 Å². The van der Waals surface area contributed by atoms with Crippen molar-refractivity contribution in [3.63, 3.8) is 0 Å². The van der Waals surface area contributed by atoms with E-state index in [-0.39, 0.29) is 18.3 Å². The van der Waals surface area contributed by atoms with E-state index in [2.05, 4.69) is 10.5 Å². The van der Waals surface area contributed by atoms with Crippen molar-refractivity contribution in [3.05, 3.63) is 41.9 Å². The van der Waals surface area contributed by atoms with Crippen LogP contribution in [-0.2, 0) is 16.1 Å². The Balaban J connectivity index is 1.61. The van der Waals surface area contributed by atoms with Gasteiger partial charge in [-0.15, -0.1) is 0 Å².